The van der Waals surface area contributed by atoms with Crippen molar-refractivity contribution in [1.82, 2.24) is 25.0 Å². The molecular weight excluding hydrogens is 204 g/mol. The number of hydrogen-bond donors (Lipinski definition) is 1. The van der Waals surface area contributed by atoms with Crippen LogP contribution in [0.3, 0.4) is 0 Å². The highest BCUT2D eigenvalue weighted by Crippen LogP contribution is 2.19. The van der Waals surface area contributed by atoms with Crippen molar-refractivity contribution in [3.05, 3.63) is 18.1 Å². The van der Waals surface area contributed by atoms with Gasteiger partial charge >= 0.3 is 0 Å². The number of hydrogen-bond acceptors (Lipinski definition) is 5. The molecule has 0 spiro atoms. The summed E-state index contributed by atoms with van der Waals surface area (Å²) in [5.41, 5.74) is 7.34. The van der Waals surface area contributed by atoms with Gasteiger partial charge in [-0.05, 0) is 0 Å². The summed E-state index contributed by atoms with van der Waals surface area (Å²) in [5.74, 6) is 1.44. The normalized spacial score (nSPS) is 11.0. The minimum Gasteiger partial charge on any atom is -0.384 e. The highest BCUT2D eigenvalue weighted by Gasteiger charge is 2.10. The molecule has 0 atom stereocenters. The molecule has 0 amide bonds. The van der Waals surface area contributed by atoms with Crippen molar-refractivity contribution in [2.75, 3.05) is 5.73 Å². The smallest absolute Gasteiger partial charge is 0.134 e. The maximum Gasteiger partial charge on any atom is 0.134 e. The van der Waals surface area contributed by atoms with Crippen molar-refractivity contribution in [3.8, 4) is 11.4 Å². The number of anilines is 1. The van der Waals surface area contributed by atoms with Crippen LogP contribution in [0.2, 0.25) is 0 Å². The van der Waals surface area contributed by atoms with Crippen LogP contribution in [0.15, 0.2) is 12.3 Å². The Hall–Kier alpha value is -1.98. The molecule has 0 bridgehead atoms. The summed E-state index contributed by atoms with van der Waals surface area (Å²) >= 11 is 0. The first-order valence-corrected chi connectivity index (χ1v) is 5.07. The van der Waals surface area contributed by atoms with Gasteiger partial charge in [0.2, 0.25) is 0 Å². The highest BCUT2D eigenvalue weighted by molar-refractivity contribution is 5.56. The number of nitrogens with two attached hydrogens (primary N) is 1. The molecule has 2 N–H and O–H groups in total. The molecule has 2 aromatic rings. The van der Waals surface area contributed by atoms with Gasteiger partial charge in [-0.2, -0.15) is 0 Å². The summed E-state index contributed by atoms with van der Waals surface area (Å²) in [6, 6.07) is 1.73. The molecule has 16 heavy (non-hydrogen) atoms. The van der Waals surface area contributed by atoms with Crippen LogP contribution in [0, 0.1) is 0 Å². The first-order chi connectivity index (χ1) is 7.58. The molecule has 0 unspecified atom stereocenters. The molecule has 2 heterocycles. The second-order valence-electron chi connectivity index (χ2n) is 3.93. The Bertz CT molecular complexity index is 502. The van der Waals surface area contributed by atoms with Gasteiger partial charge in [-0.1, -0.05) is 19.1 Å². The Labute approximate surface area is 93.5 Å². The maximum absolute atomic E-state index is 5.75. The van der Waals surface area contributed by atoms with Crippen LogP contribution in [0.4, 0.5) is 5.82 Å². The van der Waals surface area contributed by atoms with E-state index in [1.807, 2.05) is 20.9 Å². The fourth-order valence-electron chi connectivity index (χ4n) is 1.40. The molecule has 0 radical (unpaired) electrons. The van der Waals surface area contributed by atoms with Crippen molar-refractivity contribution >= 4 is 5.82 Å². The lowest BCUT2D eigenvalue weighted by Crippen LogP contribution is -2.04. The van der Waals surface area contributed by atoms with E-state index in [1.165, 1.54) is 0 Å². The maximum atomic E-state index is 5.75. The van der Waals surface area contributed by atoms with E-state index in [0.717, 1.165) is 17.2 Å². The standard InChI is InChI=1S/C10H14N6/c1-6(2)10-13-7(4-9(11)14-10)8-5-12-15-16(8)3/h4-6H,1-3H3,(H2,11,13,14). The van der Waals surface area contributed by atoms with Gasteiger partial charge in [0.15, 0.2) is 0 Å². The number of aromatic nitrogens is 5. The molecular formula is C10H14N6. The first kappa shape index (κ1) is 10.5. The molecule has 2 aromatic heterocycles. The van der Waals surface area contributed by atoms with Gasteiger partial charge in [0.05, 0.1) is 11.9 Å². The molecule has 0 saturated heterocycles. The summed E-state index contributed by atoms with van der Waals surface area (Å²) in [5, 5.41) is 7.68. The van der Waals surface area contributed by atoms with E-state index in [0.29, 0.717) is 5.82 Å². The lowest BCUT2D eigenvalue weighted by molar-refractivity contribution is 0.716. The van der Waals surface area contributed by atoms with Crippen molar-refractivity contribution in [2.45, 2.75) is 19.8 Å². The molecule has 84 valence electrons. The Morgan fingerprint density at radius 1 is 1.31 bits per heavy atom. The molecule has 2 rings (SSSR count). The van der Waals surface area contributed by atoms with E-state index in [-0.39, 0.29) is 5.92 Å². The Morgan fingerprint density at radius 2 is 2.06 bits per heavy atom. The zero-order chi connectivity index (χ0) is 11.7. The molecule has 0 aliphatic carbocycles. The third kappa shape index (κ3) is 1.86. The molecule has 0 aliphatic heterocycles. The topological polar surface area (TPSA) is 82.5 Å². The summed E-state index contributed by atoms with van der Waals surface area (Å²) in [6.45, 7) is 4.06. The van der Waals surface area contributed by atoms with Gasteiger partial charge in [-0.15, -0.1) is 5.10 Å². The quantitative estimate of drug-likeness (QED) is 0.812. The zero-order valence-corrected chi connectivity index (χ0v) is 9.55. The Balaban J connectivity index is 2.54. The number of nitrogens with zero attached hydrogens (tertiary/aromatic N) is 5. The third-order valence-electron chi connectivity index (χ3n) is 2.26. The van der Waals surface area contributed by atoms with Crippen LogP contribution in [0.1, 0.15) is 25.6 Å². The molecule has 0 aromatic carbocycles. The lowest BCUT2D eigenvalue weighted by Gasteiger charge is -2.07. The molecule has 6 heteroatoms. The van der Waals surface area contributed by atoms with E-state index < -0.39 is 0 Å². The Kier molecular flexibility index (Phi) is 2.55. The Morgan fingerprint density at radius 3 is 2.62 bits per heavy atom. The minimum absolute atomic E-state index is 0.239. The summed E-state index contributed by atoms with van der Waals surface area (Å²) in [6.07, 6.45) is 1.66. The first-order valence-electron chi connectivity index (χ1n) is 5.07. The second-order valence-corrected chi connectivity index (χ2v) is 3.93. The number of aryl methyl sites for hydroxylation is 1. The van der Waals surface area contributed by atoms with Gasteiger partial charge < -0.3 is 5.73 Å². The number of rotatable bonds is 2. The van der Waals surface area contributed by atoms with Crippen LogP contribution in [0.5, 0.6) is 0 Å². The lowest BCUT2D eigenvalue weighted by atomic mass is 10.2. The van der Waals surface area contributed by atoms with E-state index in [4.69, 9.17) is 5.73 Å². The predicted octanol–water partition coefficient (Wildman–Crippen LogP) is 0.978. The fourth-order valence-corrected chi connectivity index (χ4v) is 1.40. The van der Waals surface area contributed by atoms with Crippen LogP contribution in [-0.4, -0.2) is 25.0 Å². The third-order valence-corrected chi connectivity index (χ3v) is 2.26. The van der Waals surface area contributed by atoms with E-state index >= 15 is 0 Å². The summed E-state index contributed by atoms with van der Waals surface area (Å²) < 4.78 is 1.66. The van der Waals surface area contributed by atoms with Gasteiger partial charge in [0.1, 0.15) is 17.3 Å². The van der Waals surface area contributed by atoms with Crippen molar-refractivity contribution in [3.63, 3.8) is 0 Å². The monoisotopic (exact) mass is 218 g/mol. The SMILES string of the molecule is CC(C)c1nc(N)cc(-c2cnnn2C)n1. The molecule has 6 nitrogen and oxygen atoms in total. The summed E-state index contributed by atoms with van der Waals surface area (Å²) in [4.78, 5) is 8.63. The van der Waals surface area contributed by atoms with Crippen molar-refractivity contribution in [1.29, 1.82) is 0 Å². The number of nitrogen functional groups attached to an aromatic ring is 1. The molecule has 0 saturated carbocycles. The highest BCUT2D eigenvalue weighted by atomic mass is 15.4. The van der Waals surface area contributed by atoms with E-state index in [9.17, 15) is 0 Å². The average Bonchev–Trinajstić information content (AvgIpc) is 2.63. The predicted molar refractivity (Wildman–Crippen MR) is 60.5 cm³/mol. The van der Waals surface area contributed by atoms with Gasteiger partial charge in [-0.3, -0.25) is 0 Å². The van der Waals surface area contributed by atoms with E-state index in [2.05, 4.69) is 20.3 Å². The molecule has 0 fully saturated rings. The van der Waals surface area contributed by atoms with Crippen LogP contribution in [0.25, 0.3) is 11.4 Å². The average molecular weight is 218 g/mol. The zero-order valence-electron chi connectivity index (χ0n) is 9.55. The van der Waals surface area contributed by atoms with Gasteiger partial charge in [0.25, 0.3) is 0 Å². The van der Waals surface area contributed by atoms with Crippen molar-refractivity contribution in [2.24, 2.45) is 7.05 Å². The van der Waals surface area contributed by atoms with Gasteiger partial charge in [0, 0.05) is 19.0 Å². The van der Waals surface area contributed by atoms with Crippen LogP contribution < -0.4 is 5.73 Å². The van der Waals surface area contributed by atoms with Gasteiger partial charge in [-0.25, -0.2) is 14.6 Å². The second kappa shape index (κ2) is 3.88. The van der Waals surface area contributed by atoms with Crippen LogP contribution in [-0.2, 0) is 7.05 Å². The van der Waals surface area contributed by atoms with Crippen LogP contribution >= 0.6 is 0 Å². The fraction of sp³-hybridized carbons (Fsp3) is 0.400. The largest absolute Gasteiger partial charge is 0.384 e. The molecule has 0 aliphatic rings. The van der Waals surface area contributed by atoms with E-state index in [1.54, 1.807) is 16.9 Å². The van der Waals surface area contributed by atoms with Crippen molar-refractivity contribution < 1.29 is 0 Å². The minimum atomic E-state index is 0.239. The summed E-state index contributed by atoms with van der Waals surface area (Å²) in [7, 11) is 1.82.